The Morgan fingerprint density at radius 3 is 2.67 bits per heavy atom. The van der Waals surface area contributed by atoms with Crippen molar-refractivity contribution >= 4 is 22.7 Å². The summed E-state index contributed by atoms with van der Waals surface area (Å²) < 4.78 is 5.35. The van der Waals surface area contributed by atoms with Gasteiger partial charge in [-0.25, -0.2) is 4.98 Å². The molecule has 0 fully saturated rings. The molecule has 0 unspecified atom stereocenters. The highest BCUT2D eigenvalue weighted by Gasteiger charge is 2.09. The number of fused-ring (bicyclic) bond motifs is 1. The molecule has 3 aromatic rings. The lowest BCUT2D eigenvalue weighted by Gasteiger charge is -2.08. The molecule has 0 aliphatic heterocycles. The van der Waals surface area contributed by atoms with Crippen molar-refractivity contribution in [2.45, 2.75) is 9.92 Å². The zero-order valence-corrected chi connectivity index (χ0v) is 12.2. The van der Waals surface area contributed by atoms with Gasteiger partial charge in [0.1, 0.15) is 10.8 Å². The number of nitrogens with zero attached hydrogens (tertiary/aromatic N) is 2. The number of rotatable bonds is 3. The Hall–Kier alpha value is -2.51. The summed E-state index contributed by atoms with van der Waals surface area (Å²) >= 11 is 1.50. The number of hydrogen-bond donors (Lipinski definition) is 0. The van der Waals surface area contributed by atoms with E-state index in [1.165, 1.54) is 11.8 Å². The maximum Gasteiger partial charge on any atom is 0.132 e. The van der Waals surface area contributed by atoms with Gasteiger partial charge in [0.15, 0.2) is 0 Å². The lowest BCUT2D eigenvalue weighted by molar-refractivity contribution is 0.405. The number of benzene rings is 2. The van der Waals surface area contributed by atoms with Gasteiger partial charge in [-0.2, -0.15) is 5.26 Å². The minimum atomic E-state index is 0.637. The summed E-state index contributed by atoms with van der Waals surface area (Å²) in [7, 11) is 1.65. The van der Waals surface area contributed by atoms with E-state index in [0.717, 1.165) is 26.6 Å². The maximum atomic E-state index is 9.32. The first kappa shape index (κ1) is 13.5. The Balaban J connectivity index is 2.07. The van der Waals surface area contributed by atoms with E-state index < -0.39 is 0 Å². The minimum Gasteiger partial charge on any atom is -0.496 e. The van der Waals surface area contributed by atoms with E-state index in [1.807, 2.05) is 54.6 Å². The van der Waals surface area contributed by atoms with Crippen molar-refractivity contribution in [3.63, 3.8) is 0 Å². The molecule has 0 bridgehead atoms. The predicted octanol–water partition coefficient (Wildman–Crippen LogP) is 4.27. The molecule has 2 aromatic carbocycles. The van der Waals surface area contributed by atoms with Crippen LogP contribution in [0.1, 0.15) is 5.56 Å². The van der Waals surface area contributed by atoms with Gasteiger partial charge in [0.05, 0.1) is 29.2 Å². The highest BCUT2D eigenvalue weighted by atomic mass is 32.2. The average Bonchev–Trinajstić information content (AvgIpc) is 2.54. The molecule has 1 heterocycles. The Bertz CT molecular complexity index is 840. The fourth-order valence-corrected chi connectivity index (χ4v) is 3.06. The minimum absolute atomic E-state index is 0.637. The molecule has 0 N–H and O–H groups in total. The number of nitriles is 1. The molecule has 21 heavy (non-hydrogen) atoms. The van der Waals surface area contributed by atoms with Crippen LogP contribution < -0.4 is 4.74 Å². The van der Waals surface area contributed by atoms with E-state index in [9.17, 15) is 5.26 Å². The van der Waals surface area contributed by atoms with Crippen LogP contribution in [0.15, 0.2) is 64.5 Å². The molecule has 0 atom stereocenters. The van der Waals surface area contributed by atoms with Crippen molar-refractivity contribution in [3.8, 4) is 11.8 Å². The largest absolute Gasteiger partial charge is 0.496 e. The molecule has 3 nitrogen and oxygen atoms in total. The van der Waals surface area contributed by atoms with Gasteiger partial charge >= 0.3 is 0 Å². The second-order valence-electron chi connectivity index (χ2n) is 4.39. The van der Waals surface area contributed by atoms with E-state index in [0.29, 0.717) is 5.56 Å². The molecule has 0 saturated heterocycles. The van der Waals surface area contributed by atoms with Gasteiger partial charge in [0, 0.05) is 5.39 Å². The lowest BCUT2D eigenvalue weighted by atomic mass is 10.1. The van der Waals surface area contributed by atoms with Crippen LogP contribution in [0.5, 0.6) is 5.75 Å². The van der Waals surface area contributed by atoms with E-state index in [4.69, 9.17) is 4.74 Å². The summed E-state index contributed by atoms with van der Waals surface area (Å²) in [5, 5.41) is 11.0. The number of ether oxygens (including phenoxy) is 1. The predicted molar refractivity (Wildman–Crippen MR) is 83.6 cm³/mol. The second kappa shape index (κ2) is 5.86. The van der Waals surface area contributed by atoms with Gasteiger partial charge in [-0.05, 0) is 24.3 Å². The van der Waals surface area contributed by atoms with Gasteiger partial charge in [-0.15, -0.1) is 0 Å². The van der Waals surface area contributed by atoms with Crippen molar-refractivity contribution < 1.29 is 4.74 Å². The number of methoxy groups -OCH3 is 1. The Morgan fingerprint density at radius 1 is 1.10 bits per heavy atom. The Labute approximate surface area is 127 Å². The summed E-state index contributed by atoms with van der Waals surface area (Å²) in [6.07, 6.45) is 0. The standard InChI is InChI=1S/C17H12N2OS/c1-20-15-8-4-5-9-16(15)21-17-10-12(11-18)13-6-2-3-7-14(13)19-17/h2-10H,1H3. The summed E-state index contributed by atoms with van der Waals surface area (Å²) in [5.74, 6) is 0.802. The smallest absolute Gasteiger partial charge is 0.132 e. The first-order valence-corrected chi connectivity index (χ1v) is 7.24. The van der Waals surface area contributed by atoms with Crippen LogP contribution in [0.2, 0.25) is 0 Å². The van der Waals surface area contributed by atoms with Crippen molar-refractivity contribution in [1.29, 1.82) is 5.26 Å². The highest BCUT2D eigenvalue weighted by molar-refractivity contribution is 7.99. The van der Waals surface area contributed by atoms with Gasteiger partial charge < -0.3 is 4.74 Å². The molecule has 102 valence electrons. The molecule has 3 rings (SSSR count). The van der Waals surface area contributed by atoms with E-state index in [2.05, 4.69) is 11.1 Å². The molecule has 0 spiro atoms. The lowest BCUT2D eigenvalue weighted by Crippen LogP contribution is -1.89. The number of aromatic nitrogens is 1. The third kappa shape index (κ3) is 2.69. The third-order valence-corrected chi connectivity index (χ3v) is 4.07. The van der Waals surface area contributed by atoms with Gasteiger partial charge in [-0.1, -0.05) is 42.1 Å². The molecular weight excluding hydrogens is 280 g/mol. The highest BCUT2D eigenvalue weighted by Crippen LogP contribution is 2.35. The molecule has 0 amide bonds. The monoisotopic (exact) mass is 292 g/mol. The normalized spacial score (nSPS) is 10.3. The van der Waals surface area contributed by atoms with Gasteiger partial charge in [-0.3, -0.25) is 0 Å². The SMILES string of the molecule is COc1ccccc1Sc1cc(C#N)c2ccccc2n1. The quantitative estimate of drug-likeness (QED) is 0.723. The topological polar surface area (TPSA) is 45.9 Å². The molecule has 0 aliphatic carbocycles. The number of para-hydroxylation sites is 2. The van der Waals surface area contributed by atoms with Crippen LogP contribution in [-0.4, -0.2) is 12.1 Å². The van der Waals surface area contributed by atoms with Crippen molar-refractivity contribution in [2.75, 3.05) is 7.11 Å². The molecule has 4 heteroatoms. The number of hydrogen-bond acceptors (Lipinski definition) is 4. The molecule has 0 saturated carbocycles. The summed E-state index contributed by atoms with van der Waals surface area (Å²) in [5.41, 5.74) is 1.46. The van der Waals surface area contributed by atoms with E-state index in [1.54, 1.807) is 7.11 Å². The molecule has 1 aromatic heterocycles. The van der Waals surface area contributed by atoms with Crippen LogP contribution in [0.3, 0.4) is 0 Å². The third-order valence-electron chi connectivity index (χ3n) is 3.10. The Kier molecular flexibility index (Phi) is 3.76. The number of pyridine rings is 1. The molecule has 0 aliphatic rings. The van der Waals surface area contributed by atoms with Gasteiger partial charge in [0.2, 0.25) is 0 Å². The summed E-state index contributed by atoms with van der Waals surface area (Å²) in [6.45, 7) is 0. The van der Waals surface area contributed by atoms with Crippen molar-refractivity contribution in [3.05, 3.63) is 60.2 Å². The maximum absolute atomic E-state index is 9.32. The molecule has 0 radical (unpaired) electrons. The van der Waals surface area contributed by atoms with Crippen LogP contribution in [-0.2, 0) is 0 Å². The zero-order chi connectivity index (χ0) is 14.7. The average molecular weight is 292 g/mol. The first-order valence-electron chi connectivity index (χ1n) is 6.42. The van der Waals surface area contributed by atoms with Gasteiger partial charge in [0.25, 0.3) is 0 Å². The van der Waals surface area contributed by atoms with Crippen LogP contribution in [0.4, 0.5) is 0 Å². The summed E-state index contributed by atoms with van der Waals surface area (Å²) in [6, 6.07) is 19.5. The van der Waals surface area contributed by atoms with E-state index in [-0.39, 0.29) is 0 Å². The fourth-order valence-electron chi connectivity index (χ4n) is 2.11. The van der Waals surface area contributed by atoms with E-state index >= 15 is 0 Å². The summed E-state index contributed by atoms with van der Waals surface area (Å²) in [4.78, 5) is 5.59. The van der Waals surface area contributed by atoms with Crippen molar-refractivity contribution in [2.24, 2.45) is 0 Å². The molecular formula is C17H12N2OS. The van der Waals surface area contributed by atoms with Crippen molar-refractivity contribution in [1.82, 2.24) is 4.98 Å². The van der Waals surface area contributed by atoms with Crippen LogP contribution >= 0.6 is 11.8 Å². The zero-order valence-electron chi connectivity index (χ0n) is 11.4. The fraction of sp³-hybridized carbons (Fsp3) is 0.0588. The van der Waals surface area contributed by atoms with Crippen LogP contribution in [0, 0.1) is 11.3 Å². The van der Waals surface area contributed by atoms with Crippen LogP contribution in [0.25, 0.3) is 10.9 Å². The first-order chi connectivity index (χ1) is 10.3. The second-order valence-corrected chi connectivity index (χ2v) is 5.45. The Morgan fingerprint density at radius 2 is 1.86 bits per heavy atom.